The lowest BCUT2D eigenvalue weighted by atomic mass is 10.0. The molecule has 2 aromatic rings. The molecule has 3 N–H and O–H groups in total. The fourth-order valence-corrected chi connectivity index (χ4v) is 4.08. The molecule has 2 heterocycles. The summed E-state index contributed by atoms with van der Waals surface area (Å²) >= 11 is 0. The number of carbonyl (C=O) groups excluding carboxylic acids is 1. The first-order chi connectivity index (χ1) is 14.4. The van der Waals surface area contributed by atoms with E-state index in [1.165, 1.54) is 17.4 Å². The van der Waals surface area contributed by atoms with Gasteiger partial charge in [-0.1, -0.05) is 6.92 Å². The van der Waals surface area contributed by atoms with Gasteiger partial charge in [0.15, 0.2) is 0 Å². The van der Waals surface area contributed by atoms with E-state index < -0.39 is 0 Å². The van der Waals surface area contributed by atoms with Gasteiger partial charge in [-0.3, -0.25) is 9.59 Å². The van der Waals surface area contributed by atoms with E-state index in [-0.39, 0.29) is 23.6 Å². The molecule has 8 heteroatoms. The van der Waals surface area contributed by atoms with Gasteiger partial charge in [0.25, 0.3) is 5.56 Å². The van der Waals surface area contributed by atoms with E-state index in [0.717, 1.165) is 31.2 Å². The van der Waals surface area contributed by atoms with Crippen LogP contribution < -0.4 is 20.9 Å². The maximum atomic E-state index is 12.6. The van der Waals surface area contributed by atoms with Crippen molar-refractivity contribution in [1.82, 2.24) is 14.8 Å². The van der Waals surface area contributed by atoms with Crippen molar-refractivity contribution in [3.63, 3.8) is 0 Å². The first-order valence-corrected chi connectivity index (χ1v) is 10.4. The summed E-state index contributed by atoms with van der Waals surface area (Å²) in [6, 6.07) is 5.39. The van der Waals surface area contributed by atoms with Gasteiger partial charge in [-0.2, -0.15) is 0 Å². The van der Waals surface area contributed by atoms with Gasteiger partial charge < -0.3 is 30.2 Å². The van der Waals surface area contributed by atoms with Crippen LogP contribution in [0.5, 0.6) is 5.75 Å². The SMILES string of the molecule is COc1ccc2c(c1)c(NCC(=O)NCCN1CCCC(C)C1)c(C=N)c(=O)n2C. The highest BCUT2D eigenvalue weighted by Gasteiger charge is 2.17. The molecule has 1 aromatic carbocycles. The number of aryl methyl sites for hydroxylation is 1. The van der Waals surface area contributed by atoms with Crippen molar-refractivity contribution in [1.29, 1.82) is 5.41 Å². The second-order valence-electron chi connectivity index (χ2n) is 7.93. The molecule has 1 fully saturated rings. The van der Waals surface area contributed by atoms with Crippen LogP contribution in [-0.2, 0) is 11.8 Å². The van der Waals surface area contributed by atoms with Gasteiger partial charge >= 0.3 is 0 Å². The number of hydrogen-bond acceptors (Lipinski definition) is 6. The van der Waals surface area contributed by atoms with E-state index in [1.807, 2.05) is 0 Å². The Morgan fingerprint density at radius 3 is 2.90 bits per heavy atom. The third kappa shape index (κ3) is 4.81. The zero-order valence-electron chi connectivity index (χ0n) is 18.0. The molecule has 8 nitrogen and oxygen atoms in total. The van der Waals surface area contributed by atoms with Crippen LogP contribution in [-0.4, -0.2) is 61.4 Å². The van der Waals surface area contributed by atoms with Gasteiger partial charge in [-0.05, 0) is 43.5 Å². The monoisotopic (exact) mass is 413 g/mol. The van der Waals surface area contributed by atoms with Crippen LogP contribution >= 0.6 is 0 Å². The third-order valence-electron chi connectivity index (χ3n) is 5.70. The average molecular weight is 414 g/mol. The Labute approximate surface area is 176 Å². The Balaban J connectivity index is 1.70. The number of fused-ring (bicyclic) bond motifs is 1. The number of anilines is 1. The summed E-state index contributed by atoms with van der Waals surface area (Å²) < 4.78 is 6.81. The standard InChI is InChI=1S/C22H31N5O3/c1-15-5-4-9-27(14-15)10-8-24-20(28)13-25-21-17-11-16(30-3)6-7-19(17)26(2)22(29)18(21)12-23/h6-7,11-12,15,23,25H,4-5,8-10,13-14H2,1-3H3,(H,24,28). The van der Waals surface area contributed by atoms with Crippen LogP contribution in [0.25, 0.3) is 10.9 Å². The number of nitrogens with zero attached hydrogens (tertiary/aromatic N) is 2. The minimum absolute atomic E-state index is 0.0245. The number of nitrogens with one attached hydrogen (secondary N) is 3. The highest BCUT2D eigenvalue weighted by atomic mass is 16.5. The number of likely N-dealkylation sites (tertiary alicyclic amines) is 1. The van der Waals surface area contributed by atoms with Crippen molar-refractivity contribution in [2.75, 3.05) is 45.2 Å². The van der Waals surface area contributed by atoms with Crippen molar-refractivity contribution in [3.05, 3.63) is 34.1 Å². The predicted molar refractivity (Wildman–Crippen MR) is 120 cm³/mol. The van der Waals surface area contributed by atoms with Crippen LogP contribution in [0.15, 0.2) is 23.0 Å². The first-order valence-electron chi connectivity index (χ1n) is 10.4. The lowest BCUT2D eigenvalue weighted by Gasteiger charge is -2.30. The Morgan fingerprint density at radius 2 is 2.20 bits per heavy atom. The Hall–Kier alpha value is -2.87. The second kappa shape index (κ2) is 9.75. The van der Waals surface area contributed by atoms with E-state index in [0.29, 0.717) is 29.4 Å². The summed E-state index contributed by atoms with van der Waals surface area (Å²) in [6.45, 7) is 5.89. The molecule has 1 saturated heterocycles. The Morgan fingerprint density at radius 1 is 1.40 bits per heavy atom. The molecular formula is C22H31N5O3. The van der Waals surface area contributed by atoms with Gasteiger partial charge in [-0.25, -0.2) is 0 Å². The van der Waals surface area contributed by atoms with E-state index in [4.69, 9.17) is 10.1 Å². The van der Waals surface area contributed by atoms with E-state index in [2.05, 4.69) is 22.5 Å². The van der Waals surface area contributed by atoms with E-state index in [1.54, 1.807) is 32.4 Å². The molecule has 0 saturated carbocycles. The fourth-order valence-electron chi connectivity index (χ4n) is 4.08. The van der Waals surface area contributed by atoms with Gasteiger partial charge in [0.2, 0.25) is 5.91 Å². The minimum Gasteiger partial charge on any atom is -0.497 e. The Bertz CT molecular complexity index is 985. The number of rotatable bonds is 8. The molecule has 1 aromatic heterocycles. The van der Waals surface area contributed by atoms with Crippen LogP contribution in [0.3, 0.4) is 0 Å². The second-order valence-corrected chi connectivity index (χ2v) is 7.93. The van der Waals surface area contributed by atoms with Gasteiger partial charge in [0.05, 0.1) is 30.4 Å². The quantitative estimate of drug-likeness (QED) is 0.573. The van der Waals surface area contributed by atoms with Crippen LogP contribution in [0.1, 0.15) is 25.3 Å². The molecule has 1 unspecified atom stereocenters. The zero-order chi connectivity index (χ0) is 21.7. The fraction of sp³-hybridized carbons (Fsp3) is 0.500. The first kappa shape index (κ1) is 21.8. The molecule has 1 aliphatic rings. The number of hydrogen-bond donors (Lipinski definition) is 3. The molecule has 162 valence electrons. The summed E-state index contributed by atoms with van der Waals surface area (Å²) in [5.41, 5.74) is 1.11. The van der Waals surface area contributed by atoms with Crippen molar-refractivity contribution in [2.24, 2.45) is 13.0 Å². The topological polar surface area (TPSA) is 99.5 Å². The number of carbonyl (C=O) groups is 1. The molecule has 1 aliphatic heterocycles. The molecule has 1 atom stereocenters. The number of methoxy groups -OCH3 is 1. The normalized spacial score (nSPS) is 17.0. The van der Waals surface area contributed by atoms with E-state index >= 15 is 0 Å². The summed E-state index contributed by atoms with van der Waals surface area (Å²) in [7, 11) is 3.24. The highest BCUT2D eigenvalue weighted by Crippen LogP contribution is 2.28. The summed E-state index contributed by atoms with van der Waals surface area (Å²) in [5.74, 6) is 1.20. The van der Waals surface area contributed by atoms with Gasteiger partial charge in [-0.15, -0.1) is 0 Å². The molecule has 0 spiro atoms. The highest BCUT2D eigenvalue weighted by molar-refractivity contribution is 6.02. The maximum Gasteiger partial charge on any atom is 0.261 e. The van der Waals surface area contributed by atoms with Crippen LogP contribution in [0, 0.1) is 11.3 Å². The summed E-state index contributed by atoms with van der Waals surface area (Å²) in [6.07, 6.45) is 3.51. The molecule has 3 rings (SSSR count). The number of aromatic nitrogens is 1. The van der Waals surface area contributed by atoms with E-state index in [9.17, 15) is 9.59 Å². The molecule has 30 heavy (non-hydrogen) atoms. The molecular weight excluding hydrogens is 382 g/mol. The lowest BCUT2D eigenvalue weighted by molar-refractivity contribution is -0.119. The molecule has 1 amide bonds. The number of amides is 1. The number of benzene rings is 1. The maximum absolute atomic E-state index is 12.6. The molecule has 0 bridgehead atoms. The largest absolute Gasteiger partial charge is 0.497 e. The Kier molecular flexibility index (Phi) is 7.10. The van der Waals surface area contributed by atoms with Crippen LogP contribution in [0.2, 0.25) is 0 Å². The van der Waals surface area contributed by atoms with Crippen LogP contribution in [0.4, 0.5) is 5.69 Å². The number of ether oxygens (including phenoxy) is 1. The van der Waals surface area contributed by atoms with Gasteiger partial charge in [0, 0.05) is 38.3 Å². The zero-order valence-corrected chi connectivity index (χ0v) is 18.0. The van der Waals surface area contributed by atoms with Gasteiger partial charge in [0.1, 0.15) is 5.75 Å². The molecule has 0 aliphatic carbocycles. The third-order valence-corrected chi connectivity index (χ3v) is 5.70. The van der Waals surface area contributed by atoms with Crippen molar-refractivity contribution < 1.29 is 9.53 Å². The summed E-state index contributed by atoms with van der Waals surface area (Å²) in [4.78, 5) is 27.4. The lowest BCUT2D eigenvalue weighted by Crippen LogP contribution is -2.41. The smallest absolute Gasteiger partial charge is 0.261 e. The van der Waals surface area contributed by atoms with Crippen molar-refractivity contribution in [3.8, 4) is 5.75 Å². The van der Waals surface area contributed by atoms with Crippen molar-refractivity contribution in [2.45, 2.75) is 19.8 Å². The minimum atomic E-state index is -0.287. The molecule has 0 radical (unpaired) electrons. The number of pyridine rings is 1. The van der Waals surface area contributed by atoms with Crippen molar-refractivity contribution >= 4 is 28.7 Å². The number of piperidine rings is 1. The summed E-state index contributed by atoms with van der Waals surface area (Å²) in [5, 5.41) is 14.5. The average Bonchev–Trinajstić information content (AvgIpc) is 2.74. The predicted octanol–water partition coefficient (Wildman–Crippen LogP) is 1.80.